The van der Waals surface area contributed by atoms with E-state index in [4.69, 9.17) is 0 Å². The molecule has 1 unspecified atom stereocenters. The summed E-state index contributed by atoms with van der Waals surface area (Å²) in [7, 11) is 0. The molecule has 0 radical (unpaired) electrons. The summed E-state index contributed by atoms with van der Waals surface area (Å²) in [5.41, 5.74) is 3.32. The Morgan fingerprint density at radius 1 is 1.52 bits per heavy atom. The lowest BCUT2D eigenvalue weighted by atomic mass is 10.1. The second kappa shape index (κ2) is 7.47. The van der Waals surface area contributed by atoms with Gasteiger partial charge in [-0.05, 0) is 44.4 Å². The van der Waals surface area contributed by atoms with Crippen LogP contribution in [0.5, 0.6) is 0 Å². The number of carbonyl (C=O) groups excluding carboxylic acids is 1. The van der Waals surface area contributed by atoms with Crippen molar-refractivity contribution in [2.45, 2.75) is 40.2 Å². The van der Waals surface area contributed by atoms with Gasteiger partial charge >= 0.3 is 0 Å². The van der Waals surface area contributed by atoms with Crippen molar-refractivity contribution in [3.8, 4) is 6.07 Å². The normalized spacial score (nSPS) is 18.3. The Bertz CT molecular complexity index is 652. The van der Waals surface area contributed by atoms with Gasteiger partial charge in [0.1, 0.15) is 11.6 Å². The third kappa shape index (κ3) is 3.65. The van der Waals surface area contributed by atoms with Crippen molar-refractivity contribution in [2.24, 2.45) is 5.92 Å². The number of aryl methyl sites for hydroxylation is 1. The van der Waals surface area contributed by atoms with Crippen LogP contribution in [0.3, 0.4) is 0 Å². The Morgan fingerprint density at radius 2 is 2.26 bits per heavy atom. The maximum Gasteiger partial charge on any atom is 0.264 e. The van der Waals surface area contributed by atoms with E-state index in [1.54, 1.807) is 11.0 Å². The minimum Gasteiger partial charge on any atom is -0.396 e. The largest absolute Gasteiger partial charge is 0.396 e. The summed E-state index contributed by atoms with van der Waals surface area (Å²) in [6, 6.07) is 4.07. The van der Waals surface area contributed by atoms with Crippen LogP contribution in [0.2, 0.25) is 0 Å². The zero-order valence-electron chi connectivity index (χ0n) is 14.2. The first-order chi connectivity index (χ1) is 11.0. The third-order valence-electron chi connectivity index (χ3n) is 4.54. The van der Waals surface area contributed by atoms with Crippen LogP contribution in [0.25, 0.3) is 6.08 Å². The number of aliphatic hydroxyl groups is 1. The Hall–Kier alpha value is -2.06. The third-order valence-corrected chi connectivity index (χ3v) is 4.54. The molecule has 0 aromatic carbocycles. The average Bonchev–Trinajstić information content (AvgIpc) is 3.12. The number of hydrogen-bond donors (Lipinski definition) is 1. The quantitative estimate of drug-likeness (QED) is 0.669. The molecule has 1 N–H and O–H groups in total. The van der Waals surface area contributed by atoms with Crippen molar-refractivity contribution in [1.29, 1.82) is 5.26 Å². The molecule has 5 heteroatoms. The molecule has 124 valence electrons. The summed E-state index contributed by atoms with van der Waals surface area (Å²) in [6.45, 7) is 8.36. The van der Waals surface area contributed by atoms with Gasteiger partial charge in [-0.15, -0.1) is 0 Å². The molecule has 1 aliphatic rings. The number of amides is 1. The highest BCUT2D eigenvalue weighted by Crippen LogP contribution is 2.21. The van der Waals surface area contributed by atoms with Crippen LogP contribution in [0.4, 0.5) is 0 Å². The molecule has 0 saturated carbocycles. The van der Waals surface area contributed by atoms with Crippen LogP contribution in [0.15, 0.2) is 11.6 Å². The SMILES string of the molecule is CCCn1c(C)cc(/C=C(/C#N)C(=O)N2CCC(CO)C2)c1C. The van der Waals surface area contributed by atoms with Gasteiger partial charge in [-0.3, -0.25) is 4.79 Å². The number of aliphatic hydroxyl groups excluding tert-OH is 1. The van der Waals surface area contributed by atoms with Gasteiger partial charge in [0.25, 0.3) is 5.91 Å². The fraction of sp³-hybridized carbons (Fsp3) is 0.556. The van der Waals surface area contributed by atoms with E-state index < -0.39 is 0 Å². The predicted octanol–water partition coefficient (Wildman–Crippen LogP) is 2.26. The summed E-state index contributed by atoms with van der Waals surface area (Å²) in [5.74, 6) is -0.0998. The van der Waals surface area contributed by atoms with Gasteiger partial charge in [0, 0.05) is 43.5 Å². The summed E-state index contributed by atoms with van der Waals surface area (Å²) >= 11 is 0. The van der Waals surface area contributed by atoms with E-state index in [0.717, 1.165) is 36.3 Å². The molecule has 1 fully saturated rings. The first-order valence-corrected chi connectivity index (χ1v) is 8.20. The number of carbonyl (C=O) groups is 1. The number of aromatic nitrogens is 1. The van der Waals surface area contributed by atoms with Crippen molar-refractivity contribution in [3.63, 3.8) is 0 Å². The molecule has 2 rings (SSSR count). The molecule has 1 saturated heterocycles. The van der Waals surface area contributed by atoms with Gasteiger partial charge in [-0.2, -0.15) is 5.26 Å². The first kappa shape index (κ1) is 17.3. The van der Waals surface area contributed by atoms with Crippen LogP contribution >= 0.6 is 0 Å². The van der Waals surface area contributed by atoms with Crippen LogP contribution in [-0.2, 0) is 11.3 Å². The first-order valence-electron chi connectivity index (χ1n) is 8.20. The minimum atomic E-state index is -0.233. The standard InChI is InChI=1S/C18H25N3O2/c1-4-6-21-13(2)8-16(14(21)3)9-17(10-19)18(23)20-7-5-15(11-20)12-22/h8-9,15,22H,4-7,11-12H2,1-3H3/b17-9-. The number of nitriles is 1. The topological polar surface area (TPSA) is 69.3 Å². The van der Waals surface area contributed by atoms with Gasteiger partial charge in [0.2, 0.25) is 0 Å². The van der Waals surface area contributed by atoms with Crippen molar-refractivity contribution in [2.75, 3.05) is 19.7 Å². The van der Waals surface area contributed by atoms with Crippen molar-refractivity contribution in [1.82, 2.24) is 9.47 Å². The van der Waals surface area contributed by atoms with Crippen molar-refractivity contribution in [3.05, 3.63) is 28.6 Å². The zero-order valence-corrected chi connectivity index (χ0v) is 14.2. The van der Waals surface area contributed by atoms with E-state index in [1.807, 2.05) is 26.0 Å². The fourth-order valence-corrected chi connectivity index (χ4v) is 3.18. The zero-order chi connectivity index (χ0) is 17.0. The fourth-order valence-electron chi connectivity index (χ4n) is 3.18. The number of likely N-dealkylation sites (tertiary alicyclic amines) is 1. The summed E-state index contributed by atoms with van der Waals surface area (Å²) in [5, 5.41) is 18.6. The minimum absolute atomic E-state index is 0.0908. The molecule has 5 nitrogen and oxygen atoms in total. The highest BCUT2D eigenvalue weighted by atomic mass is 16.3. The van der Waals surface area contributed by atoms with E-state index in [0.29, 0.717) is 13.1 Å². The van der Waals surface area contributed by atoms with Crippen LogP contribution in [0, 0.1) is 31.1 Å². The molecule has 1 amide bonds. The van der Waals surface area contributed by atoms with Gasteiger partial charge in [0.05, 0.1) is 0 Å². The predicted molar refractivity (Wildman–Crippen MR) is 89.6 cm³/mol. The van der Waals surface area contributed by atoms with Crippen LogP contribution in [0.1, 0.15) is 36.7 Å². The molecule has 0 spiro atoms. The lowest BCUT2D eigenvalue weighted by Crippen LogP contribution is -2.30. The molecular weight excluding hydrogens is 290 g/mol. The Kier molecular flexibility index (Phi) is 5.62. The van der Waals surface area contributed by atoms with Crippen molar-refractivity contribution < 1.29 is 9.90 Å². The highest BCUT2D eigenvalue weighted by molar-refractivity contribution is 6.02. The van der Waals surface area contributed by atoms with E-state index in [2.05, 4.69) is 11.5 Å². The Labute approximate surface area is 137 Å². The smallest absolute Gasteiger partial charge is 0.264 e. The molecule has 23 heavy (non-hydrogen) atoms. The molecule has 1 atom stereocenters. The second-order valence-electron chi connectivity index (χ2n) is 6.24. The van der Waals surface area contributed by atoms with Gasteiger partial charge in [-0.1, -0.05) is 6.92 Å². The van der Waals surface area contributed by atoms with Gasteiger partial charge in [0.15, 0.2) is 0 Å². The summed E-state index contributed by atoms with van der Waals surface area (Å²) in [4.78, 5) is 14.2. The molecule has 0 aliphatic carbocycles. The molecule has 2 heterocycles. The average molecular weight is 315 g/mol. The number of hydrogen-bond acceptors (Lipinski definition) is 3. The lowest BCUT2D eigenvalue weighted by Gasteiger charge is -2.15. The number of rotatable bonds is 5. The van der Waals surface area contributed by atoms with E-state index in [9.17, 15) is 15.2 Å². The van der Waals surface area contributed by atoms with E-state index >= 15 is 0 Å². The summed E-state index contributed by atoms with van der Waals surface area (Å²) < 4.78 is 2.21. The second-order valence-corrected chi connectivity index (χ2v) is 6.24. The number of nitrogens with zero attached hydrogens (tertiary/aromatic N) is 3. The van der Waals surface area contributed by atoms with Crippen LogP contribution in [-0.4, -0.2) is 40.2 Å². The Balaban J connectivity index is 2.24. The molecule has 0 bridgehead atoms. The molecule has 1 aliphatic heterocycles. The van der Waals surface area contributed by atoms with Crippen LogP contribution < -0.4 is 0 Å². The Morgan fingerprint density at radius 3 is 2.83 bits per heavy atom. The highest BCUT2D eigenvalue weighted by Gasteiger charge is 2.27. The molecule has 1 aromatic heterocycles. The maximum atomic E-state index is 12.5. The van der Waals surface area contributed by atoms with Gasteiger partial charge < -0.3 is 14.6 Å². The van der Waals surface area contributed by atoms with E-state index in [-0.39, 0.29) is 24.0 Å². The monoisotopic (exact) mass is 315 g/mol. The molecular formula is C18H25N3O2. The maximum absolute atomic E-state index is 12.5. The van der Waals surface area contributed by atoms with Crippen molar-refractivity contribution >= 4 is 12.0 Å². The summed E-state index contributed by atoms with van der Waals surface area (Å²) in [6.07, 6.45) is 3.54. The lowest BCUT2D eigenvalue weighted by molar-refractivity contribution is -0.125. The van der Waals surface area contributed by atoms with Gasteiger partial charge in [-0.25, -0.2) is 0 Å². The van der Waals surface area contributed by atoms with E-state index in [1.165, 1.54) is 0 Å². The molecule has 1 aromatic rings.